The topological polar surface area (TPSA) is 20.3 Å². The Morgan fingerprint density at radius 1 is 1.33 bits per heavy atom. The summed E-state index contributed by atoms with van der Waals surface area (Å²) in [5, 5.41) is 0. The van der Waals surface area contributed by atoms with E-state index in [1.54, 1.807) is 0 Å². The predicted octanol–water partition coefficient (Wildman–Crippen LogP) is 2.87. The van der Waals surface area contributed by atoms with E-state index in [-0.39, 0.29) is 5.91 Å². The first-order valence-corrected chi connectivity index (χ1v) is 5.64. The zero-order valence-electron chi connectivity index (χ0n) is 8.19. The molecule has 1 fully saturated rings. The molecule has 1 aromatic carbocycles. The number of amides is 1. The molecule has 1 aliphatic heterocycles. The second-order valence-electron chi connectivity index (χ2n) is 3.27. The third-order valence-electron chi connectivity index (χ3n) is 2.13. The lowest BCUT2D eigenvalue weighted by molar-refractivity contribution is -0.113. The van der Waals surface area contributed by atoms with E-state index >= 15 is 0 Å². The number of thioether (sulfide) groups is 1. The van der Waals surface area contributed by atoms with Crippen molar-refractivity contribution in [3.05, 3.63) is 41.3 Å². The van der Waals surface area contributed by atoms with Gasteiger partial charge in [-0.1, -0.05) is 48.3 Å². The van der Waals surface area contributed by atoms with Crippen molar-refractivity contribution in [1.82, 2.24) is 0 Å². The number of hydrogen-bond acceptors (Lipinski definition) is 3. The lowest BCUT2D eigenvalue weighted by atomic mass is 10.2. The molecule has 0 atom stereocenters. The van der Waals surface area contributed by atoms with Gasteiger partial charge in [0.2, 0.25) is 0 Å². The molecule has 76 valence electrons. The second-order valence-corrected chi connectivity index (χ2v) is 5.00. The van der Waals surface area contributed by atoms with Crippen LogP contribution in [0.4, 0.5) is 5.69 Å². The van der Waals surface area contributed by atoms with Crippen LogP contribution in [0.2, 0.25) is 0 Å². The Morgan fingerprint density at radius 3 is 2.40 bits per heavy atom. The Bertz CT molecular complexity index is 450. The Hall–Kier alpha value is -1.13. The van der Waals surface area contributed by atoms with Crippen LogP contribution in [0.3, 0.4) is 0 Å². The van der Waals surface area contributed by atoms with Crippen LogP contribution in [-0.2, 0) is 4.79 Å². The summed E-state index contributed by atoms with van der Waals surface area (Å²) >= 11 is 6.37. The van der Waals surface area contributed by atoms with Crippen LogP contribution in [0.5, 0.6) is 0 Å². The van der Waals surface area contributed by atoms with Crippen LogP contribution in [0.15, 0.2) is 35.7 Å². The summed E-state index contributed by atoms with van der Waals surface area (Å²) in [5.74, 6) is -0.117. The number of hydrogen-bond donors (Lipinski definition) is 0. The summed E-state index contributed by atoms with van der Waals surface area (Å²) in [5.41, 5.74) is 1.96. The summed E-state index contributed by atoms with van der Waals surface area (Å²) in [6.45, 7) is 5.66. The molecule has 4 heteroatoms. The Balaban J connectivity index is 2.39. The molecule has 1 aromatic rings. The van der Waals surface area contributed by atoms with E-state index in [9.17, 15) is 4.79 Å². The van der Waals surface area contributed by atoms with Crippen molar-refractivity contribution in [2.75, 3.05) is 4.90 Å². The molecule has 1 amide bonds. The van der Waals surface area contributed by atoms with Crippen LogP contribution >= 0.6 is 24.0 Å². The number of anilines is 1. The lowest BCUT2D eigenvalue weighted by Gasteiger charge is -2.14. The van der Waals surface area contributed by atoms with Crippen molar-refractivity contribution >= 4 is 39.9 Å². The zero-order chi connectivity index (χ0) is 11.0. The lowest BCUT2D eigenvalue weighted by Crippen LogP contribution is -2.27. The van der Waals surface area contributed by atoms with Gasteiger partial charge < -0.3 is 0 Å². The summed E-state index contributed by atoms with van der Waals surface area (Å²) in [7, 11) is 0. The van der Waals surface area contributed by atoms with Gasteiger partial charge in [0, 0.05) is 0 Å². The summed E-state index contributed by atoms with van der Waals surface area (Å²) in [6.07, 6.45) is 0. The van der Waals surface area contributed by atoms with E-state index in [0.717, 1.165) is 11.3 Å². The fourth-order valence-corrected chi connectivity index (χ4v) is 2.48. The van der Waals surface area contributed by atoms with Crippen LogP contribution in [0.1, 0.15) is 5.56 Å². The Labute approximate surface area is 98.0 Å². The van der Waals surface area contributed by atoms with Gasteiger partial charge in [-0.25, -0.2) is 0 Å². The van der Waals surface area contributed by atoms with E-state index in [2.05, 4.69) is 6.58 Å². The zero-order valence-corrected chi connectivity index (χ0v) is 9.82. The number of nitrogens with zero attached hydrogens (tertiary/aromatic N) is 1. The van der Waals surface area contributed by atoms with Crippen LogP contribution < -0.4 is 4.90 Å². The number of carbonyl (C=O) groups is 1. The molecule has 1 heterocycles. The van der Waals surface area contributed by atoms with E-state index in [0.29, 0.717) is 9.23 Å². The minimum absolute atomic E-state index is 0.117. The highest BCUT2D eigenvalue weighted by molar-refractivity contribution is 8.27. The van der Waals surface area contributed by atoms with Gasteiger partial charge in [-0.3, -0.25) is 9.69 Å². The Kier molecular flexibility index (Phi) is 2.63. The van der Waals surface area contributed by atoms with Gasteiger partial charge in [-0.2, -0.15) is 0 Å². The molecule has 2 nitrogen and oxygen atoms in total. The van der Waals surface area contributed by atoms with Crippen LogP contribution in [0, 0.1) is 6.92 Å². The van der Waals surface area contributed by atoms with Gasteiger partial charge in [-0.05, 0) is 19.1 Å². The van der Waals surface area contributed by atoms with Crippen molar-refractivity contribution in [3.8, 4) is 0 Å². The van der Waals surface area contributed by atoms with Gasteiger partial charge in [0.05, 0.1) is 10.6 Å². The highest BCUT2D eigenvalue weighted by atomic mass is 32.2. The SMILES string of the molecule is C=C1SC(=S)N(c2ccc(C)cc2)C1=O. The monoisotopic (exact) mass is 235 g/mol. The van der Waals surface area contributed by atoms with Crippen molar-refractivity contribution in [2.45, 2.75) is 6.92 Å². The minimum Gasteiger partial charge on any atom is -0.268 e. The molecule has 0 N–H and O–H groups in total. The Morgan fingerprint density at radius 2 is 1.93 bits per heavy atom. The molecule has 1 saturated heterocycles. The van der Waals surface area contributed by atoms with E-state index < -0.39 is 0 Å². The molecule has 0 aliphatic carbocycles. The number of aryl methyl sites for hydroxylation is 1. The van der Waals surface area contributed by atoms with E-state index in [1.807, 2.05) is 31.2 Å². The van der Waals surface area contributed by atoms with Crippen molar-refractivity contribution < 1.29 is 4.79 Å². The molecule has 2 rings (SSSR count). The normalized spacial score (nSPS) is 16.3. The average molecular weight is 235 g/mol. The highest BCUT2D eigenvalue weighted by Crippen LogP contribution is 2.33. The molecule has 0 radical (unpaired) electrons. The first-order chi connectivity index (χ1) is 7.09. The van der Waals surface area contributed by atoms with Gasteiger partial charge in [-0.15, -0.1) is 0 Å². The minimum atomic E-state index is -0.117. The van der Waals surface area contributed by atoms with E-state index in [4.69, 9.17) is 12.2 Å². The molecule has 0 unspecified atom stereocenters. The first kappa shape index (κ1) is 10.4. The maximum atomic E-state index is 11.7. The summed E-state index contributed by atoms with van der Waals surface area (Å²) < 4.78 is 0.550. The number of thiocarbonyl (C=S) groups is 1. The molecule has 0 bridgehead atoms. The number of carbonyl (C=O) groups excluding carboxylic acids is 1. The molecule has 1 aliphatic rings. The third kappa shape index (κ3) is 1.82. The fourth-order valence-electron chi connectivity index (χ4n) is 1.32. The maximum absolute atomic E-state index is 11.7. The van der Waals surface area contributed by atoms with Crippen molar-refractivity contribution in [3.63, 3.8) is 0 Å². The molecular formula is C11H9NOS2. The quantitative estimate of drug-likeness (QED) is 0.551. The smallest absolute Gasteiger partial charge is 0.268 e. The fraction of sp³-hybridized carbons (Fsp3) is 0.0909. The van der Waals surface area contributed by atoms with Gasteiger partial charge >= 0.3 is 0 Å². The second kappa shape index (κ2) is 3.79. The van der Waals surface area contributed by atoms with Crippen LogP contribution in [-0.4, -0.2) is 10.2 Å². The van der Waals surface area contributed by atoms with Gasteiger partial charge in [0.1, 0.15) is 0 Å². The largest absolute Gasteiger partial charge is 0.270 e. The molecular weight excluding hydrogens is 226 g/mol. The van der Waals surface area contributed by atoms with Gasteiger partial charge in [0.25, 0.3) is 5.91 Å². The third-order valence-corrected chi connectivity index (χ3v) is 3.34. The average Bonchev–Trinajstić information content (AvgIpc) is 2.44. The van der Waals surface area contributed by atoms with Crippen LogP contribution in [0.25, 0.3) is 0 Å². The first-order valence-electron chi connectivity index (χ1n) is 4.41. The van der Waals surface area contributed by atoms with Gasteiger partial charge in [0.15, 0.2) is 4.32 Å². The number of rotatable bonds is 1. The standard InChI is InChI=1S/C11H9NOS2/c1-7-3-5-9(6-4-7)12-10(13)8(2)15-11(12)14/h3-6H,2H2,1H3. The van der Waals surface area contributed by atoms with Crippen molar-refractivity contribution in [2.24, 2.45) is 0 Å². The van der Waals surface area contributed by atoms with E-state index in [1.165, 1.54) is 16.7 Å². The maximum Gasteiger partial charge on any atom is 0.270 e. The molecule has 15 heavy (non-hydrogen) atoms. The predicted molar refractivity (Wildman–Crippen MR) is 68.0 cm³/mol. The molecule has 0 spiro atoms. The highest BCUT2D eigenvalue weighted by Gasteiger charge is 2.31. The number of benzene rings is 1. The summed E-state index contributed by atoms with van der Waals surface area (Å²) in [6, 6.07) is 7.69. The van der Waals surface area contributed by atoms with Crippen molar-refractivity contribution in [1.29, 1.82) is 0 Å². The summed E-state index contributed by atoms with van der Waals surface area (Å²) in [4.78, 5) is 13.7. The molecule has 0 saturated carbocycles. The molecule has 0 aromatic heterocycles.